The van der Waals surface area contributed by atoms with Crippen molar-refractivity contribution in [3.05, 3.63) is 92.4 Å². The maximum Gasteiger partial charge on any atom is 0.238 e. The van der Waals surface area contributed by atoms with Crippen LogP contribution in [0.3, 0.4) is 0 Å². The van der Waals surface area contributed by atoms with E-state index in [0.717, 1.165) is 64.9 Å². The van der Waals surface area contributed by atoms with Gasteiger partial charge < -0.3 is 19.9 Å². The number of nitrogens with zero attached hydrogens (tertiary/aromatic N) is 3. The van der Waals surface area contributed by atoms with Crippen LogP contribution in [0, 0.1) is 0 Å². The van der Waals surface area contributed by atoms with Crippen LogP contribution < -0.4 is 15.0 Å². The summed E-state index contributed by atoms with van der Waals surface area (Å²) < 4.78 is 19.0. The van der Waals surface area contributed by atoms with E-state index in [2.05, 4.69) is 52.9 Å². The zero-order valence-corrected chi connectivity index (χ0v) is 21.9. The molecule has 186 valence electrons. The Balaban J connectivity index is 1.36. The van der Waals surface area contributed by atoms with Crippen LogP contribution in [0.25, 0.3) is 5.57 Å². The Kier molecular flexibility index (Phi) is 6.97. The molecule has 0 spiro atoms. The van der Waals surface area contributed by atoms with Crippen molar-refractivity contribution in [3.63, 3.8) is 0 Å². The Labute approximate surface area is 216 Å². The van der Waals surface area contributed by atoms with Crippen molar-refractivity contribution in [1.82, 2.24) is 15.2 Å². The number of halogens is 1. The molecule has 4 aliphatic rings. The van der Waals surface area contributed by atoms with Crippen LogP contribution in [0.4, 0.5) is 10.1 Å². The molecule has 1 aliphatic carbocycles. The van der Waals surface area contributed by atoms with Crippen LogP contribution in [0.5, 0.6) is 5.88 Å². The molecule has 0 amide bonds. The van der Waals surface area contributed by atoms with Gasteiger partial charge in [-0.3, -0.25) is 0 Å². The van der Waals surface area contributed by atoms with E-state index in [1.54, 1.807) is 18.9 Å². The minimum absolute atomic E-state index is 0.315. The van der Waals surface area contributed by atoms with Gasteiger partial charge in [-0.25, -0.2) is 9.37 Å². The van der Waals surface area contributed by atoms with Crippen molar-refractivity contribution < 1.29 is 9.13 Å². The first-order valence-corrected chi connectivity index (χ1v) is 13.2. The smallest absolute Gasteiger partial charge is 0.238 e. The lowest BCUT2D eigenvalue weighted by atomic mass is 10.1. The number of rotatable bonds is 7. The van der Waals surface area contributed by atoms with E-state index in [1.807, 2.05) is 24.0 Å². The minimum Gasteiger partial charge on any atom is -0.479 e. The molecule has 36 heavy (non-hydrogen) atoms. The lowest BCUT2D eigenvalue weighted by Crippen LogP contribution is -2.33. The first-order chi connectivity index (χ1) is 17.5. The summed E-state index contributed by atoms with van der Waals surface area (Å²) in [6.07, 6.45) is 7.93. The fourth-order valence-corrected chi connectivity index (χ4v) is 5.69. The van der Waals surface area contributed by atoms with Crippen LogP contribution in [0.2, 0.25) is 0 Å². The number of alkyl halides is 1. The number of aromatic nitrogens is 1. The predicted molar refractivity (Wildman–Crippen MR) is 146 cm³/mol. The zero-order chi connectivity index (χ0) is 25.2. The highest BCUT2D eigenvalue weighted by atomic mass is 32.2. The van der Waals surface area contributed by atoms with Crippen molar-refractivity contribution in [2.24, 2.45) is 0 Å². The van der Waals surface area contributed by atoms with Crippen molar-refractivity contribution in [2.75, 3.05) is 31.8 Å². The quantitative estimate of drug-likeness (QED) is 0.427. The highest BCUT2D eigenvalue weighted by Gasteiger charge is 2.27. The molecule has 1 saturated carbocycles. The third-order valence-corrected chi connectivity index (χ3v) is 7.72. The molecule has 0 aromatic carbocycles. The molecule has 0 atom stereocenters. The number of anilines is 1. The summed E-state index contributed by atoms with van der Waals surface area (Å²) in [5, 5.41) is 6.57. The third-order valence-electron chi connectivity index (χ3n) is 6.86. The molecule has 0 saturated heterocycles. The Hall–Kier alpha value is -3.37. The number of pyridine rings is 1. The number of fused-ring (bicyclic) bond motifs is 1. The normalized spacial score (nSPS) is 19.4. The van der Waals surface area contributed by atoms with Gasteiger partial charge in [-0.2, -0.15) is 0 Å². The molecule has 1 N–H and O–H groups in total. The number of methoxy groups -OCH3 is 1. The molecule has 4 heterocycles. The molecule has 7 heteroatoms. The summed E-state index contributed by atoms with van der Waals surface area (Å²) in [5.41, 5.74) is 15.5. The topological polar surface area (TPSA) is 40.6 Å². The standard InChI is InChI=1S/C29H31FN4OS/c1-19-16-33(17-20(19)2)26-12-11-25(31-29(26)35-4)23-8-6-10-27(36-18-23)32-28-24-9-5-7-22(24)15-21(3)34(28)14-13-30/h6,11-12,17-18,32H,1,5,7-9,13-14,16H2,2-4H3. The zero-order valence-electron chi connectivity index (χ0n) is 21.1. The van der Waals surface area contributed by atoms with E-state index in [9.17, 15) is 4.39 Å². The van der Waals surface area contributed by atoms with Gasteiger partial charge in [0, 0.05) is 30.3 Å². The van der Waals surface area contributed by atoms with E-state index in [0.29, 0.717) is 18.8 Å². The number of nitrogens with one attached hydrogen (secondary N) is 1. The van der Waals surface area contributed by atoms with Crippen molar-refractivity contribution in [1.29, 1.82) is 0 Å². The second-order valence-corrected chi connectivity index (χ2v) is 10.1. The maximum atomic E-state index is 13.4. The van der Waals surface area contributed by atoms with Crippen molar-refractivity contribution >= 4 is 23.0 Å². The van der Waals surface area contributed by atoms with E-state index in [4.69, 9.17) is 9.72 Å². The molecule has 0 bridgehead atoms. The Bertz CT molecular complexity index is 1340. The number of thioether (sulfide) groups is 1. The van der Waals surface area contributed by atoms with E-state index in [-0.39, 0.29) is 0 Å². The molecule has 5 rings (SSSR count). The minimum atomic E-state index is -0.413. The summed E-state index contributed by atoms with van der Waals surface area (Å²) in [6.45, 7) is 8.83. The largest absolute Gasteiger partial charge is 0.479 e. The SMILES string of the molecule is C=C1CN(c2ccc(C3=CSC(NC4=C5CCCC5=C=C(C)N4CCF)=C=CC3)nc2OC)C=C1C. The second-order valence-electron chi connectivity index (χ2n) is 9.25. The number of allylic oxidation sites excluding steroid dienone is 4. The van der Waals surface area contributed by atoms with Crippen molar-refractivity contribution in [3.8, 4) is 5.88 Å². The number of hydrogen-bond donors (Lipinski definition) is 1. The fourth-order valence-electron chi connectivity index (χ4n) is 4.91. The number of ether oxygens (including phenoxy) is 1. The molecular formula is C29H31FN4OS. The van der Waals surface area contributed by atoms with Gasteiger partial charge in [0.1, 0.15) is 23.2 Å². The van der Waals surface area contributed by atoms with Crippen LogP contribution in [0.1, 0.15) is 45.2 Å². The lowest BCUT2D eigenvalue weighted by Gasteiger charge is -2.31. The van der Waals surface area contributed by atoms with Gasteiger partial charge in [0.25, 0.3) is 0 Å². The monoisotopic (exact) mass is 502 g/mol. The molecule has 3 aliphatic heterocycles. The average molecular weight is 503 g/mol. The molecule has 1 aromatic rings. The van der Waals surface area contributed by atoms with Gasteiger partial charge in [-0.1, -0.05) is 29.8 Å². The van der Waals surface area contributed by atoms with E-state index < -0.39 is 6.67 Å². The maximum absolute atomic E-state index is 13.4. The molecule has 1 aromatic heterocycles. The predicted octanol–water partition coefficient (Wildman–Crippen LogP) is 6.54. The summed E-state index contributed by atoms with van der Waals surface area (Å²) in [4.78, 5) is 8.95. The second kappa shape index (κ2) is 10.3. The Morgan fingerprint density at radius 3 is 2.89 bits per heavy atom. The van der Waals surface area contributed by atoms with Gasteiger partial charge in [-0.15, -0.1) is 0 Å². The summed E-state index contributed by atoms with van der Waals surface area (Å²) in [6, 6.07) is 4.10. The Morgan fingerprint density at radius 1 is 1.28 bits per heavy atom. The fraction of sp³-hybridized carbons (Fsp3) is 0.345. The van der Waals surface area contributed by atoms with E-state index in [1.165, 1.54) is 16.7 Å². The summed E-state index contributed by atoms with van der Waals surface area (Å²) in [7, 11) is 1.65. The van der Waals surface area contributed by atoms with Gasteiger partial charge in [-0.05, 0) is 73.4 Å². The van der Waals surface area contributed by atoms with E-state index >= 15 is 0 Å². The van der Waals surface area contributed by atoms with Gasteiger partial charge in [0.2, 0.25) is 5.88 Å². The lowest BCUT2D eigenvalue weighted by molar-refractivity contribution is 0.341. The van der Waals surface area contributed by atoms with Crippen LogP contribution >= 0.6 is 11.8 Å². The average Bonchev–Trinajstić information content (AvgIpc) is 3.39. The Morgan fingerprint density at radius 2 is 2.14 bits per heavy atom. The molecular weight excluding hydrogens is 471 g/mol. The van der Waals surface area contributed by atoms with Crippen LogP contribution in [0.15, 0.2) is 86.7 Å². The van der Waals surface area contributed by atoms with Gasteiger partial charge in [0.05, 0.1) is 25.0 Å². The highest BCUT2D eigenvalue weighted by molar-refractivity contribution is 8.05. The van der Waals surface area contributed by atoms with Crippen LogP contribution in [-0.2, 0) is 0 Å². The highest BCUT2D eigenvalue weighted by Crippen LogP contribution is 2.38. The van der Waals surface area contributed by atoms with Gasteiger partial charge in [0.15, 0.2) is 0 Å². The first-order valence-electron chi connectivity index (χ1n) is 12.3. The molecule has 1 fully saturated rings. The first kappa shape index (κ1) is 24.3. The molecule has 0 radical (unpaired) electrons. The van der Waals surface area contributed by atoms with Gasteiger partial charge >= 0.3 is 0 Å². The van der Waals surface area contributed by atoms with Crippen molar-refractivity contribution in [2.45, 2.75) is 39.5 Å². The summed E-state index contributed by atoms with van der Waals surface area (Å²) in [5.74, 6) is 1.56. The van der Waals surface area contributed by atoms with Crippen LogP contribution in [-0.4, -0.2) is 36.8 Å². The molecule has 5 nitrogen and oxygen atoms in total. The number of hydrogen-bond acceptors (Lipinski definition) is 6. The summed E-state index contributed by atoms with van der Waals surface area (Å²) >= 11 is 1.57. The molecule has 0 unspecified atom stereocenters. The third kappa shape index (κ3) is 4.70.